The molecule has 3 aromatic rings. The Morgan fingerprint density at radius 3 is 2.75 bits per heavy atom. The van der Waals surface area contributed by atoms with Gasteiger partial charge in [0.05, 0.1) is 29.0 Å². The molecule has 0 spiro atoms. The van der Waals surface area contributed by atoms with E-state index in [-0.39, 0.29) is 30.8 Å². The molecule has 32 heavy (non-hydrogen) atoms. The maximum Gasteiger partial charge on any atom is 0.338 e. The standard InChI is InChI=1S/C25H23FN2O4/c1-3-25(31)9-13-7-20-22-16(10-28(20)23(29)17(13)11-32-24(25)30)15-6-4-5-14-12(2)18(26)8-19(27-22)21(14)15/h7-8,31H,3-6,9-11H2,1-2H3/t25-/m1/s1. The number of aliphatic hydroxyl groups is 1. The first-order valence-corrected chi connectivity index (χ1v) is 11.1. The molecule has 164 valence electrons. The molecule has 3 aliphatic rings. The fourth-order valence-corrected chi connectivity index (χ4v) is 5.60. The zero-order valence-electron chi connectivity index (χ0n) is 18.0. The largest absolute Gasteiger partial charge is 0.458 e. The van der Waals surface area contributed by atoms with Crippen LogP contribution in [-0.2, 0) is 41.9 Å². The highest BCUT2D eigenvalue weighted by Gasteiger charge is 2.41. The number of hydrogen-bond acceptors (Lipinski definition) is 5. The van der Waals surface area contributed by atoms with E-state index in [2.05, 4.69) is 0 Å². The normalized spacial score (nSPS) is 21.1. The number of nitrogens with zero attached hydrogens (tertiary/aromatic N) is 2. The molecule has 1 aliphatic carbocycles. The van der Waals surface area contributed by atoms with Gasteiger partial charge in [-0.25, -0.2) is 14.2 Å². The quantitative estimate of drug-likeness (QED) is 0.466. The third-order valence-corrected chi connectivity index (χ3v) is 7.52. The van der Waals surface area contributed by atoms with E-state index in [9.17, 15) is 19.1 Å². The van der Waals surface area contributed by atoms with E-state index in [4.69, 9.17) is 9.72 Å². The number of rotatable bonds is 1. The first kappa shape index (κ1) is 19.6. The van der Waals surface area contributed by atoms with Gasteiger partial charge in [-0.3, -0.25) is 4.79 Å². The molecule has 0 saturated heterocycles. The van der Waals surface area contributed by atoms with Crippen molar-refractivity contribution in [3.8, 4) is 11.4 Å². The lowest BCUT2D eigenvalue weighted by molar-refractivity contribution is -0.166. The van der Waals surface area contributed by atoms with Crippen LogP contribution in [0.15, 0.2) is 16.9 Å². The van der Waals surface area contributed by atoms with Gasteiger partial charge >= 0.3 is 5.97 Å². The molecule has 2 aliphatic heterocycles. The van der Waals surface area contributed by atoms with Gasteiger partial charge in [-0.2, -0.15) is 0 Å². The summed E-state index contributed by atoms with van der Waals surface area (Å²) in [5.41, 5.74) is 4.98. The van der Waals surface area contributed by atoms with Crippen molar-refractivity contribution in [2.45, 2.75) is 64.7 Å². The minimum absolute atomic E-state index is 0.0223. The van der Waals surface area contributed by atoms with Crippen molar-refractivity contribution in [2.75, 3.05) is 0 Å². The second kappa shape index (κ2) is 6.48. The number of esters is 1. The third-order valence-electron chi connectivity index (χ3n) is 7.52. The fourth-order valence-electron chi connectivity index (χ4n) is 5.60. The summed E-state index contributed by atoms with van der Waals surface area (Å²) in [6, 6.07) is 3.35. The molecule has 4 heterocycles. The maximum absolute atomic E-state index is 14.6. The Morgan fingerprint density at radius 1 is 1.19 bits per heavy atom. The van der Waals surface area contributed by atoms with E-state index in [1.165, 1.54) is 6.07 Å². The van der Waals surface area contributed by atoms with Crippen LogP contribution >= 0.6 is 0 Å². The Hall–Kier alpha value is -3.06. The highest BCUT2D eigenvalue weighted by molar-refractivity contribution is 5.92. The van der Waals surface area contributed by atoms with Gasteiger partial charge < -0.3 is 14.4 Å². The summed E-state index contributed by atoms with van der Waals surface area (Å²) in [5.74, 6) is -0.957. The molecule has 7 heteroatoms. The minimum atomic E-state index is -1.66. The third kappa shape index (κ3) is 2.45. The molecule has 0 radical (unpaired) electrons. The molecule has 1 atom stereocenters. The fraction of sp³-hybridized carbons (Fsp3) is 0.400. The summed E-state index contributed by atoms with van der Waals surface area (Å²) in [4.78, 5) is 30.5. The predicted octanol–water partition coefficient (Wildman–Crippen LogP) is 3.10. The van der Waals surface area contributed by atoms with Crippen molar-refractivity contribution < 1.29 is 19.0 Å². The van der Waals surface area contributed by atoms with E-state index in [0.29, 0.717) is 40.1 Å². The van der Waals surface area contributed by atoms with Gasteiger partial charge in [0.15, 0.2) is 5.60 Å². The molecule has 6 nitrogen and oxygen atoms in total. The van der Waals surface area contributed by atoms with Crippen molar-refractivity contribution in [1.29, 1.82) is 0 Å². The maximum atomic E-state index is 14.6. The molecule has 0 unspecified atom stereocenters. The molecule has 0 fully saturated rings. The average molecular weight is 434 g/mol. The monoisotopic (exact) mass is 434 g/mol. The van der Waals surface area contributed by atoms with Crippen LogP contribution in [0, 0.1) is 12.7 Å². The molecular weight excluding hydrogens is 411 g/mol. The number of fused-ring (bicyclic) bond motifs is 5. The Balaban J connectivity index is 1.62. The first-order chi connectivity index (χ1) is 15.3. The van der Waals surface area contributed by atoms with Crippen LogP contribution in [0.3, 0.4) is 0 Å². The van der Waals surface area contributed by atoms with Gasteiger partial charge in [-0.1, -0.05) is 6.92 Å². The van der Waals surface area contributed by atoms with E-state index in [1.54, 1.807) is 11.5 Å². The number of pyridine rings is 2. The van der Waals surface area contributed by atoms with E-state index < -0.39 is 11.6 Å². The topological polar surface area (TPSA) is 81.4 Å². The zero-order chi connectivity index (χ0) is 22.4. The Kier molecular flexibility index (Phi) is 3.97. The summed E-state index contributed by atoms with van der Waals surface area (Å²) >= 11 is 0. The number of cyclic esters (lactones) is 1. The number of benzene rings is 1. The Morgan fingerprint density at radius 2 is 1.97 bits per heavy atom. The lowest BCUT2D eigenvalue weighted by Gasteiger charge is -2.22. The lowest BCUT2D eigenvalue weighted by atomic mass is 9.85. The van der Waals surface area contributed by atoms with Crippen LogP contribution in [0.2, 0.25) is 0 Å². The van der Waals surface area contributed by atoms with Gasteiger partial charge in [0.1, 0.15) is 12.4 Å². The van der Waals surface area contributed by atoms with E-state index in [1.807, 2.05) is 13.0 Å². The van der Waals surface area contributed by atoms with Gasteiger partial charge in [0.25, 0.3) is 5.56 Å². The lowest BCUT2D eigenvalue weighted by Crippen LogP contribution is -2.40. The smallest absolute Gasteiger partial charge is 0.338 e. The summed E-state index contributed by atoms with van der Waals surface area (Å²) in [6.07, 6.45) is 2.85. The molecule has 1 aromatic carbocycles. The number of aryl methyl sites for hydroxylation is 2. The Labute approximate surface area is 183 Å². The average Bonchev–Trinajstić information content (AvgIpc) is 3.09. The molecular formula is C25H23FN2O4. The number of aromatic nitrogens is 2. The number of halogens is 1. The van der Waals surface area contributed by atoms with Crippen molar-refractivity contribution in [2.24, 2.45) is 0 Å². The van der Waals surface area contributed by atoms with Crippen molar-refractivity contribution in [1.82, 2.24) is 9.55 Å². The first-order valence-electron chi connectivity index (χ1n) is 11.1. The molecule has 1 N–H and O–H groups in total. The van der Waals surface area contributed by atoms with Crippen molar-refractivity contribution in [3.63, 3.8) is 0 Å². The van der Waals surface area contributed by atoms with E-state index >= 15 is 0 Å². The van der Waals surface area contributed by atoms with Gasteiger partial charge in [-0.05, 0) is 60.9 Å². The van der Waals surface area contributed by atoms with Crippen LogP contribution in [0.1, 0.15) is 53.1 Å². The molecule has 0 amide bonds. The van der Waals surface area contributed by atoms with Crippen LogP contribution in [-0.4, -0.2) is 26.2 Å². The Bertz CT molecular complexity index is 1420. The van der Waals surface area contributed by atoms with Crippen molar-refractivity contribution in [3.05, 3.63) is 61.7 Å². The summed E-state index contributed by atoms with van der Waals surface area (Å²) in [6.45, 7) is 3.78. The van der Waals surface area contributed by atoms with Gasteiger partial charge in [0, 0.05) is 23.4 Å². The SMILES string of the molecule is CC[C@@]1(O)Cc2cc3n(c(=O)c2COC1=O)Cc1c-3nc2cc(F)c(C)c3c2c1CCC3. The van der Waals surface area contributed by atoms with Crippen molar-refractivity contribution >= 4 is 16.9 Å². The minimum Gasteiger partial charge on any atom is -0.458 e. The van der Waals surface area contributed by atoms with E-state index in [0.717, 1.165) is 41.3 Å². The highest BCUT2D eigenvalue weighted by Crippen LogP contribution is 2.41. The highest BCUT2D eigenvalue weighted by atomic mass is 19.1. The number of hydrogen-bond donors (Lipinski definition) is 1. The number of ether oxygens (including phenoxy) is 1. The molecule has 2 aromatic heterocycles. The summed E-state index contributed by atoms with van der Waals surface area (Å²) < 4.78 is 21.6. The number of carbonyl (C=O) groups excluding carboxylic acids is 1. The van der Waals surface area contributed by atoms with Crippen LogP contribution in [0.25, 0.3) is 22.3 Å². The molecule has 6 rings (SSSR count). The van der Waals surface area contributed by atoms with Gasteiger partial charge in [-0.15, -0.1) is 0 Å². The predicted molar refractivity (Wildman–Crippen MR) is 116 cm³/mol. The van der Waals surface area contributed by atoms with Crippen LogP contribution < -0.4 is 5.56 Å². The van der Waals surface area contributed by atoms with Gasteiger partial charge in [0.2, 0.25) is 0 Å². The zero-order valence-corrected chi connectivity index (χ0v) is 18.0. The summed E-state index contributed by atoms with van der Waals surface area (Å²) in [5, 5.41) is 11.8. The van der Waals surface area contributed by atoms with Crippen LogP contribution in [0.4, 0.5) is 4.39 Å². The summed E-state index contributed by atoms with van der Waals surface area (Å²) in [7, 11) is 0. The second-order valence-corrected chi connectivity index (χ2v) is 9.19. The van der Waals surface area contributed by atoms with Crippen LogP contribution in [0.5, 0.6) is 0 Å². The number of carbonyl (C=O) groups is 1. The molecule has 0 saturated carbocycles. The molecule has 0 bridgehead atoms. The second-order valence-electron chi connectivity index (χ2n) is 9.19.